The van der Waals surface area contributed by atoms with Crippen LogP contribution in [0.2, 0.25) is 0 Å². The van der Waals surface area contributed by atoms with E-state index in [1.807, 2.05) is 25.2 Å². The molecule has 6 nitrogen and oxygen atoms in total. The number of likely N-dealkylation sites (N-methyl/N-ethyl adjacent to an activating group) is 1. The minimum atomic E-state index is -2.84. The van der Waals surface area contributed by atoms with E-state index in [0.29, 0.717) is 37.6 Å². The molecule has 158 valence electrons. The average molecular weight is 409 g/mol. The topological polar surface area (TPSA) is 61.2 Å². The third-order valence-electron chi connectivity index (χ3n) is 4.32. The predicted octanol–water partition coefficient (Wildman–Crippen LogP) is 1.68. The van der Waals surface area contributed by atoms with Crippen LogP contribution in [0, 0.1) is 0 Å². The van der Waals surface area contributed by atoms with E-state index in [0.717, 1.165) is 16.0 Å². The van der Waals surface area contributed by atoms with E-state index >= 15 is 0 Å². The summed E-state index contributed by atoms with van der Waals surface area (Å²) in [6.45, 7) is -1.46. The molecule has 1 amide bonds. The van der Waals surface area contributed by atoms with Crippen molar-refractivity contribution < 1.29 is 32.7 Å². The number of hydrogen-bond donors (Lipinski definition) is 2. The van der Waals surface area contributed by atoms with Crippen molar-refractivity contribution >= 4 is 5.91 Å². The van der Waals surface area contributed by atoms with Crippen LogP contribution in [0.4, 0.5) is 8.78 Å². The summed E-state index contributed by atoms with van der Waals surface area (Å²) in [6, 6.07) is 12.1. The SMILES string of the molecule is COc1cccc(C[NH+](C)CC(=O)NCCc2ccc(OC(F)F)cc2)c1OC. The zero-order chi connectivity index (χ0) is 21.2. The van der Waals surface area contributed by atoms with Crippen molar-refractivity contribution in [3.63, 3.8) is 0 Å². The van der Waals surface area contributed by atoms with E-state index in [1.165, 1.54) is 12.1 Å². The van der Waals surface area contributed by atoms with E-state index in [4.69, 9.17) is 9.47 Å². The Morgan fingerprint density at radius 3 is 2.45 bits per heavy atom. The van der Waals surface area contributed by atoms with E-state index in [2.05, 4.69) is 10.1 Å². The first kappa shape index (κ1) is 22.4. The molecule has 0 spiro atoms. The molecule has 0 bridgehead atoms. The number of rotatable bonds is 11. The van der Waals surface area contributed by atoms with Gasteiger partial charge in [0.05, 0.1) is 26.8 Å². The highest BCUT2D eigenvalue weighted by Crippen LogP contribution is 2.30. The van der Waals surface area contributed by atoms with E-state index < -0.39 is 6.61 Å². The van der Waals surface area contributed by atoms with Gasteiger partial charge >= 0.3 is 6.61 Å². The molecule has 1 atom stereocenters. The van der Waals surface area contributed by atoms with Crippen molar-refractivity contribution in [2.75, 3.05) is 34.4 Å². The van der Waals surface area contributed by atoms with E-state index in [9.17, 15) is 13.6 Å². The van der Waals surface area contributed by atoms with Crippen LogP contribution in [0.5, 0.6) is 17.2 Å². The lowest BCUT2D eigenvalue weighted by atomic mass is 10.1. The number of hydrogen-bond acceptors (Lipinski definition) is 4. The quantitative estimate of drug-likeness (QED) is 0.593. The Kier molecular flexibility index (Phi) is 8.67. The number of carbonyl (C=O) groups is 1. The fourth-order valence-electron chi connectivity index (χ4n) is 3.00. The second kappa shape index (κ2) is 11.2. The molecular weight excluding hydrogens is 382 g/mol. The summed E-state index contributed by atoms with van der Waals surface area (Å²) in [6.07, 6.45) is 0.601. The van der Waals surface area contributed by atoms with Gasteiger partial charge in [0.25, 0.3) is 5.91 Å². The maximum Gasteiger partial charge on any atom is 0.387 e. The van der Waals surface area contributed by atoms with Gasteiger partial charge in [0.1, 0.15) is 12.3 Å². The fraction of sp³-hybridized carbons (Fsp3) is 0.381. The maximum atomic E-state index is 12.2. The van der Waals surface area contributed by atoms with Gasteiger partial charge in [-0.2, -0.15) is 8.78 Å². The van der Waals surface area contributed by atoms with Crippen LogP contribution in [-0.4, -0.2) is 46.9 Å². The second-order valence-electron chi connectivity index (χ2n) is 6.59. The van der Waals surface area contributed by atoms with Gasteiger partial charge in [-0.3, -0.25) is 4.79 Å². The number of nitrogens with one attached hydrogen (secondary N) is 2. The van der Waals surface area contributed by atoms with Crippen LogP contribution >= 0.6 is 0 Å². The molecule has 8 heteroatoms. The van der Waals surface area contributed by atoms with E-state index in [-0.39, 0.29) is 11.7 Å². The normalized spacial score (nSPS) is 11.8. The molecule has 0 aliphatic rings. The van der Waals surface area contributed by atoms with Gasteiger partial charge in [-0.25, -0.2) is 0 Å². The van der Waals surface area contributed by atoms with Crippen LogP contribution in [0.25, 0.3) is 0 Å². The molecular formula is C21H27F2N2O4+. The summed E-state index contributed by atoms with van der Waals surface area (Å²) < 4.78 is 39.3. The Hall–Kier alpha value is -2.87. The van der Waals surface area contributed by atoms with Gasteiger partial charge in [0.2, 0.25) is 0 Å². The first-order valence-electron chi connectivity index (χ1n) is 9.24. The Balaban J connectivity index is 1.78. The molecule has 2 aromatic carbocycles. The number of benzene rings is 2. The third kappa shape index (κ3) is 7.23. The molecule has 0 aromatic heterocycles. The molecule has 0 heterocycles. The van der Waals surface area contributed by atoms with Crippen LogP contribution in [0.3, 0.4) is 0 Å². The van der Waals surface area contributed by atoms with Gasteiger partial charge < -0.3 is 24.4 Å². The molecule has 2 N–H and O–H groups in total. The molecule has 1 unspecified atom stereocenters. The lowest BCUT2D eigenvalue weighted by Gasteiger charge is -2.17. The molecule has 0 saturated heterocycles. The summed E-state index contributed by atoms with van der Waals surface area (Å²) in [5.41, 5.74) is 1.89. The van der Waals surface area contributed by atoms with E-state index in [1.54, 1.807) is 26.4 Å². The maximum absolute atomic E-state index is 12.2. The predicted molar refractivity (Wildman–Crippen MR) is 105 cm³/mol. The lowest BCUT2D eigenvalue weighted by Crippen LogP contribution is -3.08. The number of amides is 1. The minimum absolute atomic E-state index is 0.0676. The average Bonchev–Trinajstić information content (AvgIpc) is 2.68. The highest BCUT2D eigenvalue weighted by Gasteiger charge is 2.15. The van der Waals surface area contributed by atoms with Crippen molar-refractivity contribution in [2.45, 2.75) is 19.6 Å². The van der Waals surface area contributed by atoms with Gasteiger partial charge in [0, 0.05) is 6.54 Å². The van der Waals surface area contributed by atoms with Crippen LogP contribution < -0.4 is 24.4 Å². The van der Waals surface area contributed by atoms with Crippen molar-refractivity contribution in [1.29, 1.82) is 0 Å². The largest absolute Gasteiger partial charge is 0.493 e. The Morgan fingerprint density at radius 1 is 1.10 bits per heavy atom. The first-order chi connectivity index (χ1) is 13.9. The Bertz CT molecular complexity index is 785. The highest BCUT2D eigenvalue weighted by molar-refractivity contribution is 5.76. The van der Waals surface area contributed by atoms with Crippen molar-refractivity contribution in [1.82, 2.24) is 5.32 Å². The molecule has 0 radical (unpaired) electrons. The van der Waals surface area contributed by atoms with Crippen LogP contribution in [-0.2, 0) is 17.8 Å². The molecule has 0 fully saturated rings. The number of quaternary nitrogens is 1. The molecule has 2 aromatic rings. The number of methoxy groups -OCH3 is 2. The molecule has 0 aliphatic heterocycles. The number of alkyl halides is 2. The molecule has 29 heavy (non-hydrogen) atoms. The first-order valence-corrected chi connectivity index (χ1v) is 9.24. The van der Waals surface area contributed by atoms with Crippen LogP contribution in [0.1, 0.15) is 11.1 Å². The summed E-state index contributed by atoms with van der Waals surface area (Å²) in [7, 11) is 5.11. The van der Waals surface area contributed by atoms with Gasteiger partial charge in [-0.05, 0) is 36.2 Å². The Morgan fingerprint density at radius 2 is 1.83 bits per heavy atom. The standard InChI is InChI=1S/C21H26F2N2O4/c1-25(13-16-5-4-6-18(27-2)20(16)28-3)14-19(26)24-12-11-15-7-9-17(10-8-15)29-21(22)23/h4-10,21H,11-14H2,1-3H3,(H,24,26)/p+1. The molecule has 2 rings (SSSR count). The van der Waals surface area contributed by atoms with Gasteiger partial charge in [-0.1, -0.05) is 18.2 Å². The monoisotopic (exact) mass is 409 g/mol. The van der Waals surface area contributed by atoms with Crippen molar-refractivity contribution in [3.8, 4) is 17.2 Å². The molecule has 0 aliphatic carbocycles. The lowest BCUT2D eigenvalue weighted by molar-refractivity contribution is -0.885. The minimum Gasteiger partial charge on any atom is -0.493 e. The summed E-state index contributed by atoms with van der Waals surface area (Å²) >= 11 is 0. The van der Waals surface area contributed by atoms with Gasteiger partial charge in [-0.15, -0.1) is 0 Å². The third-order valence-corrected chi connectivity index (χ3v) is 4.32. The summed E-state index contributed by atoms with van der Waals surface area (Å²) in [4.78, 5) is 13.2. The summed E-state index contributed by atoms with van der Waals surface area (Å²) in [5, 5.41) is 2.88. The second-order valence-corrected chi connectivity index (χ2v) is 6.59. The molecule has 0 saturated carbocycles. The Labute approximate surface area is 169 Å². The van der Waals surface area contributed by atoms with Crippen molar-refractivity contribution in [2.24, 2.45) is 0 Å². The van der Waals surface area contributed by atoms with Crippen LogP contribution in [0.15, 0.2) is 42.5 Å². The zero-order valence-corrected chi connectivity index (χ0v) is 16.8. The smallest absolute Gasteiger partial charge is 0.387 e. The van der Waals surface area contributed by atoms with Crippen molar-refractivity contribution in [3.05, 3.63) is 53.6 Å². The fourth-order valence-corrected chi connectivity index (χ4v) is 3.00. The zero-order valence-electron chi connectivity index (χ0n) is 16.8. The number of halogens is 2. The summed E-state index contributed by atoms with van der Waals surface area (Å²) in [5.74, 6) is 1.38. The number of carbonyl (C=O) groups excluding carboxylic acids is 1. The highest BCUT2D eigenvalue weighted by atomic mass is 19.3. The number of ether oxygens (including phenoxy) is 3. The number of para-hydroxylation sites is 1. The van der Waals surface area contributed by atoms with Gasteiger partial charge in [0.15, 0.2) is 18.0 Å².